The topological polar surface area (TPSA) is 63.5 Å². The van der Waals surface area contributed by atoms with Crippen LogP contribution < -0.4 is 9.80 Å². The van der Waals surface area contributed by atoms with E-state index in [0.717, 1.165) is 60.5 Å². The molecule has 7 nitrogen and oxygen atoms in total. The van der Waals surface area contributed by atoms with Gasteiger partial charge in [-0.15, -0.1) is 10.2 Å². The molecule has 172 valence electrons. The fraction of sp³-hybridized carbons (Fsp3) is 0.400. The minimum Gasteiger partial charge on any atom is -0.378 e. The van der Waals surface area contributed by atoms with Crippen molar-refractivity contribution in [1.29, 1.82) is 0 Å². The highest BCUT2D eigenvalue weighted by Crippen LogP contribution is 2.34. The van der Waals surface area contributed by atoms with Gasteiger partial charge in [-0.1, -0.05) is 48.2 Å². The molecule has 2 aliphatic heterocycles. The first-order chi connectivity index (χ1) is 16.1. The molecule has 1 unspecified atom stereocenters. The van der Waals surface area contributed by atoms with Crippen LogP contribution in [0.2, 0.25) is 0 Å². The molecular formula is C25H29N5O2S. The Labute approximate surface area is 198 Å². The fourth-order valence-electron chi connectivity index (χ4n) is 4.52. The van der Waals surface area contributed by atoms with Crippen LogP contribution in [-0.4, -0.2) is 58.8 Å². The molecule has 1 amide bonds. The summed E-state index contributed by atoms with van der Waals surface area (Å²) in [5.74, 6) is 0.914. The molecular weight excluding hydrogens is 434 g/mol. The number of aromatic nitrogens is 3. The van der Waals surface area contributed by atoms with E-state index in [9.17, 15) is 4.79 Å². The third-order valence-electron chi connectivity index (χ3n) is 6.27. The monoisotopic (exact) mass is 463 g/mol. The van der Waals surface area contributed by atoms with E-state index in [1.165, 1.54) is 17.3 Å². The number of carbonyl (C=O) groups is 1. The Hall–Kier alpha value is -2.84. The molecule has 0 spiro atoms. The van der Waals surface area contributed by atoms with E-state index in [1.807, 2.05) is 36.1 Å². The lowest BCUT2D eigenvalue weighted by Crippen LogP contribution is -2.40. The maximum atomic E-state index is 13.5. The van der Waals surface area contributed by atoms with E-state index < -0.39 is 0 Å². The number of thioether (sulfide) groups is 1. The van der Waals surface area contributed by atoms with Gasteiger partial charge in [0.1, 0.15) is 0 Å². The average molecular weight is 464 g/mol. The summed E-state index contributed by atoms with van der Waals surface area (Å²) in [6, 6.07) is 16.5. The van der Waals surface area contributed by atoms with Crippen molar-refractivity contribution in [3.8, 4) is 5.69 Å². The molecule has 5 rings (SSSR count). The number of amides is 1. The van der Waals surface area contributed by atoms with Gasteiger partial charge >= 0.3 is 0 Å². The van der Waals surface area contributed by atoms with Crippen LogP contribution in [0.3, 0.4) is 0 Å². The SMILES string of the molecule is Cc1ccccc1-n1c(SC(C)C(=O)N2CCCc3ccccc32)nnc1N1CCOCC1. The highest BCUT2D eigenvalue weighted by atomic mass is 32.2. The number of morpholine rings is 1. The minimum absolute atomic E-state index is 0.111. The molecule has 2 aromatic carbocycles. The number of fused-ring (bicyclic) bond motifs is 1. The lowest BCUT2D eigenvalue weighted by molar-refractivity contribution is -0.117. The van der Waals surface area contributed by atoms with Crippen LogP contribution in [0.1, 0.15) is 24.5 Å². The quantitative estimate of drug-likeness (QED) is 0.535. The first kappa shape index (κ1) is 22.0. The van der Waals surface area contributed by atoms with E-state index in [0.29, 0.717) is 13.2 Å². The van der Waals surface area contributed by atoms with Gasteiger partial charge < -0.3 is 14.5 Å². The predicted octanol–water partition coefficient (Wildman–Crippen LogP) is 3.87. The molecule has 0 aliphatic carbocycles. The van der Waals surface area contributed by atoms with Crippen molar-refractivity contribution in [1.82, 2.24) is 14.8 Å². The molecule has 0 bridgehead atoms. The van der Waals surface area contributed by atoms with Crippen LogP contribution in [0, 0.1) is 6.92 Å². The molecule has 3 aromatic rings. The Morgan fingerprint density at radius 3 is 2.52 bits per heavy atom. The molecule has 0 radical (unpaired) electrons. The van der Waals surface area contributed by atoms with Crippen LogP contribution in [0.15, 0.2) is 53.7 Å². The Balaban J connectivity index is 1.45. The van der Waals surface area contributed by atoms with Crippen LogP contribution in [0.5, 0.6) is 0 Å². The van der Waals surface area contributed by atoms with Crippen molar-refractivity contribution in [2.24, 2.45) is 0 Å². The van der Waals surface area contributed by atoms with Crippen molar-refractivity contribution < 1.29 is 9.53 Å². The largest absolute Gasteiger partial charge is 0.378 e. The second-order valence-electron chi connectivity index (χ2n) is 8.49. The highest BCUT2D eigenvalue weighted by Gasteiger charge is 2.30. The molecule has 1 fully saturated rings. The summed E-state index contributed by atoms with van der Waals surface area (Å²) in [6.07, 6.45) is 2.01. The molecule has 8 heteroatoms. The summed E-state index contributed by atoms with van der Waals surface area (Å²) in [5, 5.41) is 9.54. The number of anilines is 2. The summed E-state index contributed by atoms with van der Waals surface area (Å²) >= 11 is 1.48. The van der Waals surface area contributed by atoms with Gasteiger partial charge in [-0.3, -0.25) is 9.36 Å². The molecule has 0 N–H and O–H groups in total. The van der Waals surface area contributed by atoms with Gasteiger partial charge in [0.25, 0.3) is 0 Å². The zero-order valence-corrected chi connectivity index (χ0v) is 19.9. The lowest BCUT2D eigenvalue weighted by atomic mass is 10.0. The summed E-state index contributed by atoms with van der Waals surface area (Å²) in [5.41, 5.74) is 4.45. The number of nitrogens with zero attached hydrogens (tertiary/aromatic N) is 5. The van der Waals surface area contributed by atoms with Crippen molar-refractivity contribution in [3.63, 3.8) is 0 Å². The van der Waals surface area contributed by atoms with Crippen molar-refractivity contribution in [2.45, 2.75) is 37.1 Å². The smallest absolute Gasteiger partial charge is 0.240 e. The predicted molar refractivity (Wildman–Crippen MR) is 132 cm³/mol. The summed E-state index contributed by atoms with van der Waals surface area (Å²) in [4.78, 5) is 17.7. The normalized spacial score (nSPS) is 17.0. The van der Waals surface area contributed by atoms with E-state index in [-0.39, 0.29) is 11.2 Å². The maximum absolute atomic E-state index is 13.5. The average Bonchev–Trinajstić information content (AvgIpc) is 3.27. The Kier molecular flexibility index (Phi) is 6.37. The van der Waals surface area contributed by atoms with Crippen LogP contribution in [0.4, 0.5) is 11.6 Å². The zero-order chi connectivity index (χ0) is 22.8. The number of benzene rings is 2. The summed E-state index contributed by atoms with van der Waals surface area (Å²) in [6.45, 7) is 7.70. The van der Waals surface area contributed by atoms with Gasteiger partial charge in [0.2, 0.25) is 11.9 Å². The second kappa shape index (κ2) is 9.57. The lowest BCUT2D eigenvalue weighted by Gasteiger charge is -2.31. The Bertz CT molecular complexity index is 1140. The molecule has 0 saturated carbocycles. The van der Waals surface area contributed by atoms with Crippen LogP contribution in [-0.2, 0) is 16.0 Å². The number of carbonyl (C=O) groups excluding carboxylic acids is 1. The number of para-hydroxylation sites is 2. The number of hydrogen-bond donors (Lipinski definition) is 0. The number of aryl methyl sites for hydroxylation is 2. The second-order valence-corrected chi connectivity index (χ2v) is 9.79. The Morgan fingerprint density at radius 2 is 1.73 bits per heavy atom. The van der Waals surface area contributed by atoms with Crippen LogP contribution in [0.25, 0.3) is 5.69 Å². The number of ether oxygens (including phenoxy) is 1. The van der Waals surface area contributed by atoms with Crippen molar-refractivity contribution >= 4 is 29.3 Å². The van der Waals surface area contributed by atoms with Gasteiger partial charge in [0, 0.05) is 25.3 Å². The minimum atomic E-state index is -0.291. The van der Waals surface area contributed by atoms with E-state index in [2.05, 4.69) is 50.9 Å². The summed E-state index contributed by atoms with van der Waals surface area (Å²) < 4.78 is 7.63. The standard InChI is InChI=1S/C25H29N5O2S/c1-18-8-3-5-11-21(18)30-24(28-14-16-32-17-15-28)26-27-25(30)33-19(2)23(31)29-13-7-10-20-9-4-6-12-22(20)29/h3-6,8-9,11-12,19H,7,10,13-17H2,1-2H3. The fourth-order valence-corrected chi connectivity index (χ4v) is 5.44. The maximum Gasteiger partial charge on any atom is 0.240 e. The van der Waals surface area contributed by atoms with Gasteiger partial charge in [0.05, 0.1) is 24.2 Å². The van der Waals surface area contributed by atoms with E-state index in [1.54, 1.807) is 0 Å². The third-order valence-corrected chi connectivity index (χ3v) is 7.30. The van der Waals surface area contributed by atoms with E-state index in [4.69, 9.17) is 4.74 Å². The zero-order valence-electron chi connectivity index (χ0n) is 19.1. The first-order valence-electron chi connectivity index (χ1n) is 11.5. The van der Waals surface area contributed by atoms with Crippen molar-refractivity contribution in [2.75, 3.05) is 42.6 Å². The summed E-state index contributed by atoms with van der Waals surface area (Å²) in [7, 11) is 0. The molecule has 1 aromatic heterocycles. The highest BCUT2D eigenvalue weighted by molar-refractivity contribution is 8.00. The molecule has 1 saturated heterocycles. The third kappa shape index (κ3) is 4.37. The van der Waals surface area contributed by atoms with Crippen molar-refractivity contribution in [3.05, 3.63) is 59.7 Å². The molecule has 3 heterocycles. The van der Waals surface area contributed by atoms with Gasteiger partial charge in [-0.05, 0) is 49.9 Å². The number of hydrogen-bond acceptors (Lipinski definition) is 6. The molecule has 1 atom stereocenters. The van der Waals surface area contributed by atoms with Gasteiger partial charge in [0.15, 0.2) is 5.16 Å². The molecule has 33 heavy (non-hydrogen) atoms. The first-order valence-corrected chi connectivity index (χ1v) is 12.4. The van der Waals surface area contributed by atoms with Crippen LogP contribution >= 0.6 is 11.8 Å². The Morgan fingerprint density at radius 1 is 1.00 bits per heavy atom. The van der Waals surface area contributed by atoms with E-state index >= 15 is 0 Å². The van der Waals surface area contributed by atoms with Gasteiger partial charge in [-0.2, -0.15) is 0 Å². The molecule has 2 aliphatic rings. The number of rotatable bonds is 5. The van der Waals surface area contributed by atoms with Gasteiger partial charge in [-0.25, -0.2) is 0 Å².